The third-order valence-electron chi connectivity index (χ3n) is 4.58. The molecule has 2 heterocycles. The molecule has 2 aromatic heterocycles. The first-order valence-electron chi connectivity index (χ1n) is 8.74. The predicted octanol–water partition coefficient (Wildman–Crippen LogP) is 3.15. The molecular formula is C19H19FN2O3S2. The van der Waals surface area contributed by atoms with Crippen molar-refractivity contribution in [3.8, 4) is 5.75 Å². The lowest BCUT2D eigenvalue weighted by Gasteiger charge is -2.13. The first-order valence-corrected chi connectivity index (χ1v) is 10.5. The number of aliphatic hydroxyl groups excluding tert-OH is 1. The topological polar surface area (TPSA) is 64.3 Å². The zero-order chi connectivity index (χ0) is 19.0. The number of para-hydroxylation sites is 1. The van der Waals surface area contributed by atoms with E-state index in [-0.39, 0.29) is 17.9 Å². The minimum atomic E-state index is -0.810. The van der Waals surface area contributed by atoms with Crippen LogP contribution in [-0.2, 0) is 19.9 Å². The number of halogens is 1. The van der Waals surface area contributed by atoms with Crippen molar-refractivity contribution in [1.82, 2.24) is 9.55 Å². The Bertz CT molecular complexity index is 1050. The smallest absolute Gasteiger partial charge is 0.262 e. The molecule has 0 saturated heterocycles. The van der Waals surface area contributed by atoms with Crippen molar-refractivity contribution in [3.05, 3.63) is 50.9 Å². The molecule has 0 spiro atoms. The van der Waals surface area contributed by atoms with E-state index >= 15 is 0 Å². The van der Waals surface area contributed by atoms with Crippen molar-refractivity contribution < 1.29 is 14.2 Å². The van der Waals surface area contributed by atoms with Gasteiger partial charge in [0.1, 0.15) is 11.4 Å². The van der Waals surface area contributed by atoms with Crippen molar-refractivity contribution in [3.63, 3.8) is 0 Å². The molecule has 1 N–H and O–H groups in total. The third kappa shape index (κ3) is 3.61. The SMILES string of the molecule is Cn1c(SC[C@@H](O)COc2ccccc2F)nc2sc3c(c2c1=O)CCC3. The molecule has 5 nitrogen and oxygen atoms in total. The number of aryl methyl sites for hydroxylation is 2. The van der Waals surface area contributed by atoms with Crippen molar-refractivity contribution >= 4 is 33.3 Å². The van der Waals surface area contributed by atoms with E-state index in [0.717, 1.165) is 35.0 Å². The van der Waals surface area contributed by atoms with Crippen LogP contribution < -0.4 is 10.3 Å². The molecule has 0 amide bonds. The minimum Gasteiger partial charge on any atom is -0.488 e. The second-order valence-electron chi connectivity index (χ2n) is 6.50. The highest BCUT2D eigenvalue weighted by Gasteiger charge is 2.22. The number of hydrogen-bond donors (Lipinski definition) is 1. The van der Waals surface area contributed by atoms with E-state index < -0.39 is 11.9 Å². The molecule has 0 unspecified atom stereocenters. The number of hydrogen-bond acceptors (Lipinski definition) is 6. The van der Waals surface area contributed by atoms with Crippen molar-refractivity contribution in [2.75, 3.05) is 12.4 Å². The summed E-state index contributed by atoms with van der Waals surface area (Å²) >= 11 is 2.90. The van der Waals surface area contributed by atoms with E-state index in [9.17, 15) is 14.3 Å². The van der Waals surface area contributed by atoms with E-state index in [1.807, 2.05) is 0 Å². The van der Waals surface area contributed by atoms with E-state index in [1.54, 1.807) is 35.1 Å². The number of aromatic nitrogens is 2. The number of fused-ring (bicyclic) bond motifs is 3. The summed E-state index contributed by atoms with van der Waals surface area (Å²) in [5.41, 5.74) is 1.14. The standard InChI is InChI=1S/C19H19FN2O3S2/c1-22-18(24)16-12-5-4-8-15(12)27-17(16)21-19(22)26-10-11(23)9-25-14-7-3-2-6-13(14)20/h2-3,6-7,11,23H,4-5,8-10H2,1H3/t11-/m0/s1. The molecule has 1 atom stereocenters. The largest absolute Gasteiger partial charge is 0.488 e. The van der Waals surface area contributed by atoms with Crippen LogP contribution in [0.2, 0.25) is 0 Å². The Balaban J connectivity index is 1.45. The van der Waals surface area contributed by atoms with E-state index in [4.69, 9.17) is 4.74 Å². The van der Waals surface area contributed by atoms with Crippen LogP contribution in [0, 0.1) is 5.82 Å². The Hall–Kier alpha value is -1.90. The van der Waals surface area contributed by atoms with Crippen LogP contribution in [-0.4, -0.2) is 33.1 Å². The number of thioether (sulfide) groups is 1. The van der Waals surface area contributed by atoms with E-state index in [2.05, 4.69) is 4.98 Å². The highest BCUT2D eigenvalue weighted by atomic mass is 32.2. The van der Waals surface area contributed by atoms with Crippen LogP contribution >= 0.6 is 23.1 Å². The first kappa shape index (κ1) is 18.5. The molecule has 27 heavy (non-hydrogen) atoms. The lowest BCUT2D eigenvalue weighted by Crippen LogP contribution is -2.23. The summed E-state index contributed by atoms with van der Waals surface area (Å²) in [5, 5.41) is 11.5. The van der Waals surface area contributed by atoms with E-state index in [0.29, 0.717) is 10.9 Å². The summed E-state index contributed by atoms with van der Waals surface area (Å²) in [6.45, 7) is -0.0303. The number of nitrogens with zero attached hydrogens (tertiary/aromatic N) is 2. The van der Waals surface area contributed by atoms with Crippen LogP contribution in [0.4, 0.5) is 4.39 Å². The quantitative estimate of drug-likeness (QED) is 0.503. The molecular weight excluding hydrogens is 387 g/mol. The second-order valence-corrected chi connectivity index (χ2v) is 8.57. The lowest BCUT2D eigenvalue weighted by molar-refractivity contribution is 0.123. The molecule has 1 aliphatic rings. The maximum absolute atomic E-state index is 13.5. The maximum atomic E-state index is 13.5. The van der Waals surface area contributed by atoms with Gasteiger partial charge in [-0.05, 0) is 37.0 Å². The number of thiophene rings is 1. The fraction of sp³-hybridized carbons (Fsp3) is 0.368. The molecule has 3 aromatic rings. The molecule has 142 valence electrons. The fourth-order valence-electron chi connectivity index (χ4n) is 3.20. The van der Waals surface area contributed by atoms with Gasteiger partial charge in [-0.1, -0.05) is 23.9 Å². The van der Waals surface area contributed by atoms with Crippen LogP contribution in [0.5, 0.6) is 5.75 Å². The van der Waals surface area contributed by atoms with Crippen molar-refractivity contribution in [2.45, 2.75) is 30.5 Å². The second kappa shape index (κ2) is 7.61. The van der Waals surface area contributed by atoms with Gasteiger partial charge in [0.2, 0.25) is 0 Å². The predicted molar refractivity (Wildman–Crippen MR) is 106 cm³/mol. The monoisotopic (exact) mass is 406 g/mol. The van der Waals surface area contributed by atoms with Gasteiger partial charge in [-0.15, -0.1) is 11.3 Å². The zero-order valence-corrected chi connectivity index (χ0v) is 16.4. The molecule has 4 rings (SSSR count). The summed E-state index contributed by atoms with van der Waals surface area (Å²) in [6.07, 6.45) is 2.26. The van der Waals surface area contributed by atoms with Crippen LogP contribution in [0.15, 0.2) is 34.2 Å². The third-order valence-corrected chi connectivity index (χ3v) is 6.94. The van der Waals surface area contributed by atoms with Gasteiger partial charge >= 0.3 is 0 Å². The first-order chi connectivity index (χ1) is 13.0. The average Bonchev–Trinajstić information content (AvgIpc) is 3.23. The van der Waals surface area contributed by atoms with Gasteiger partial charge < -0.3 is 9.84 Å². The van der Waals surface area contributed by atoms with Gasteiger partial charge in [-0.3, -0.25) is 9.36 Å². The Labute approximate surface area is 163 Å². The summed E-state index contributed by atoms with van der Waals surface area (Å²) < 4.78 is 20.4. The van der Waals surface area contributed by atoms with Gasteiger partial charge in [-0.2, -0.15) is 0 Å². The minimum absolute atomic E-state index is 0.0287. The van der Waals surface area contributed by atoms with Gasteiger partial charge in [0.25, 0.3) is 5.56 Å². The Morgan fingerprint density at radius 3 is 3.04 bits per heavy atom. The Morgan fingerprint density at radius 2 is 2.22 bits per heavy atom. The van der Waals surface area contributed by atoms with Crippen molar-refractivity contribution in [1.29, 1.82) is 0 Å². The van der Waals surface area contributed by atoms with Crippen molar-refractivity contribution in [2.24, 2.45) is 7.05 Å². The molecule has 0 bridgehead atoms. The molecule has 1 aromatic carbocycles. The molecule has 0 fully saturated rings. The van der Waals surface area contributed by atoms with Crippen LogP contribution in [0.25, 0.3) is 10.2 Å². The highest BCUT2D eigenvalue weighted by molar-refractivity contribution is 7.99. The molecule has 8 heteroatoms. The van der Waals surface area contributed by atoms with Gasteiger partial charge in [-0.25, -0.2) is 9.37 Å². The summed E-state index contributed by atoms with van der Waals surface area (Å²) in [4.78, 5) is 19.4. The highest BCUT2D eigenvalue weighted by Crippen LogP contribution is 2.35. The molecule has 0 saturated carbocycles. The zero-order valence-electron chi connectivity index (χ0n) is 14.8. The van der Waals surface area contributed by atoms with E-state index in [1.165, 1.54) is 28.8 Å². The number of ether oxygens (including phenoxy) is 1. The van der Waals surface area contributed by atoms with Crippen LogP contribution in [0.3, 0.4) is 0 Å². The number of aliphatic hydroxyl groups is 1. The Morgan fingerprint density at radius 1 is 1.41 bits per heavy atom. The van der Waals surface area contributed by atoms with Gasteiger partial charge in [0.05, 0.1) is 11.5 Å². The summed E-state index contributed by atoms with van der Waals surface area (Å²) in [7, 11) is 1.71. The number of rotatable bonds is 6. The summed E-state index contributed by atoms with van der Waals surface area (Å²) in [6, 6.07) is 6.08. The Kier molecular flexibility index (Phi) is 5.21. The van der Waals surface area contributed by atoms with Crippen LogP contribution in [0.1, 0.15) is 16.9 Å². The summed E-state index contributed by atoms with van der Waals surface area (Å²) in [5.74, 6) is -0.0510. The molecule has 1 aliphatic carbocycles. The lowest BCUT2D eigenvalue weighted by atomic mass is 10.2. The fourth-order valence-corrected chi connectivity index (χ4v) is 5.38. The normalized spacial score (nSPS) is 14.5. The van der Waals surface area contributed by atoms with Gasteiger partial charge in [0, 0.05) is 17.7 Å². The molecule has 0 aliphatic heterocycles. The molecule has 0 radical (unpaired) electrons. The van der Waals surface area contributed by atoms with Gasteiger partial charge in [0.15, 0.2) is 16.7 Å². The number of benzene rings is 1. The maximum Gasteiger partial charge on any atom is 0.262 e. The average molecular weight is 407 g/mol.